The highest BCUT2D eigenvalue weighted by Gasteiger charge is 2.52. The first-order chi connectivity index (χ1) is 16.7. The van der Waals surface area contributed by atoms with Crippen LogP contribution in [0.2, 0.25) is 0 Å². The summed E-state index contributed by atoms with van der Waals surface area (Å²) in [5.41, 5.74) is 1.60. The lowest BCUT2D eigenvalue weighted by Crippen LogP contribution is -2.70. The molecule has 35 heavy (non-hydrogen) atoms. The largest absolute Gasteiger partial charge is 0.449 e. The lowest BCUT2D eigenvalue weighted by Gasteiger charge is -2.49. The molecule has 2 heterocycles. The number of rotatable bonds is 6. The zero-order valence-corrected chi connectivity index (χ0v) is 21.3. The lowest BCUT2D eigenvalue weighted by atomic mass is 10.0. The van der Waals surface area contributed by atoms with Crippen LogP contribution in [0.25, 0.3) is 0 Å². The number of nitrogens with one attached hydrogen (secondary N) is 1. The second-order valence-electron chi connectivity index (χ2n) is 9.27. The maximum absolute atomic E-state index is 13.4. The molecule has 0 radical (unpaired) electrons. The summed E-state index contributed by atoms with van der Waals surface area (Å²) in [5, 5.41) is 2.18. The quantitative estimate of drug-likeness (QED) is 0.344. The van der Waals surface area contributed by atoms with Gasteiger partial charge in [-0.3, -0.25) is 4.79 Å². The van der Waals surface area contributed by atoms with Crippen LogP contribution < -0.4 is 5.32 Å². The van der Waals surface area contributed by atoms with Gasteiger partial charge in [-0.2, -0.15) is 0 Å². The second kappa shape index (κ2) is 10.3. The Morgan fingerprint density at radius 3 is 2.17 bits per heavy atom. The van der Waals surface area contributed by atoms with Gasteiger partial charge in [0.15, 0.2) is 6.10 Å². The molecule has 4 rings (SSSR count). The molecule has 2 amide bonds. The number of alkyl carbamates (subject to hydrolysis) is 1. The summed E-state index contributed by atoms with van der Waals surface area (Å²) >= 11 is 7.34. The van der Waals surface area contributed by atoms with Gasteiger partial charge in [-0.05, 0) is 37.5 Å². The third-order valence-corrected chi connectivity index (χ3v) is 7.29. The van der Waals surface area contributed by atoms with E-state index < -0.39 is 35.2 Å². The van der Waals surface area contributed by atoms with Crippen LogP contribution in [0.5, 0.6) is 0 Å². The first kappa shape index (κ1) is 25.1. The minimum Gasteiger partial charge on any atom is -0.449 e. The number of amides is 2. The molecule has 2 atom stereocenters. The number of nitrogens with zero attached hydrogens (tertiary/aromatic N) is 1. The van der Waals surface area contributed by atoms with E-state index in [9.17, 15) is 14.4 Å². The molecule has 7 nitrogen and oxygen atoms in total. The average Bonchev–Trinajstić information content (AvgIpc) is 2.84. The third kappa shape index (κ3) is 5.65. The van der Waals surface area contributed by atoms with Crippen LogP contribution in [0.3, 0.4) is 0 Å². The fraction of sp³-hybridized carbons (Fsp3) is 0.346. The Morgan fingerprint density at radius 1 is 1.09 bits per heavy atom. The van der Waals surface area contributed by atoms with Crippen LogP contribution in [0.4, 0.5) is 4.79 Å². The maximum Gasteiger partial charge on any atom is 0.408 e. The van der Waals surface area contributed by atoms with Gasteiger partial charge in [0.05, 0.1) is 4.91 Å². The van der Waals surface area contributed by atoms with Gasteiger partial charge < -0.3 is 19.7 Å². The fourth-order valence-corrected chi connectivity index (χ4v) is 5.53. The molecule has 2 aliphatic rings. The number of ether oxygens (including phenoxy) is 2. The Morgan fingerprint density at radius 2 is 1.66 bits per heavy atom. The van der Waals surface area contributed by atoms with E-state index in [0.29, 0.717) is 10.5 Å². The smallest absolute Gasteiger partial charge is 0.408 e. The number of fused-ring (bicyclic) bond motifs is 1. The Kier molecular flexibility index (Phi) is 7.42. The first-order valence-corrected chi connectivity index (χ1v) is 12.6. The van der Waals surface area contributed by atoms with E-state index in [4.69, 9.17) is 21.1 Å². The molecule has 0 aliphatic carbocycles. The SMILES string of the molecule is CC(C)(C)OC(=O)N[C@@H]1C(=O)N2CC(CCl)=C(C(=O)OC(c3ccccc3)c3ccccc3)S[C@@H]12. The molecule has 184 valence electrons. The number of thioether (sulfide) groups is 1. The predicted octanol–water partition coefficient (Wildman–Crippen LogP) is 4.62. The van der Waals surface area contributed by atoms with Crippen LogP contribution in [-0.4, -0.2) is 52.3 Å². The van der Waals surface area contributed by atoms with Crippen molar-refractivity contribution < 1.29 is 23.9 Å². The van der Waals surface area contributed by atoms with Gasteiger partial charge in [-0.15, -0.1) is 11.6 Å². The number of carbonyl (C=O) groups excluding carboxylic acids is 3. The zero-order chi connectivity index (χ0) is 25.2. The summed E-state index contributed by atoms with van der Waals surface area (Å²) in [6.45, 7) is 5.45. The number of β-lactam (4-membered cyclic amide) rings is 1. The molecule has 2 aromatic carbocycles. The van der Waals surface area contributed by atoms with Crippen molar-refractivity contribution in [1.29, 1.82) is 0 Å². The van der Waals surface area contributed by atoms with Crippen LogP contribution >= 0.6 is 23.4 Å². The van der Waals surface area contributed by atoms with Crippen molar-refractivity contribution in [1.82, 2.24) is 10.2 Å². The molecule has 1 fully saturated rings. The lowest BCUT2D eigenvalue weighted by molar-refractivity contribution is -0.146. The van der Waals surface area contributed by atoms with Gasteiger partial charge in [0.1, 0.15) is 17.0 Å². The van der Waals surface area contributed by atoms with Gasteiger partial charge in [0.2, 0.25) is 5.91 Å². The molecule has 1 saturated heterocycles. The summed E-state index contributed by atoms with van der Waals surface area (Å²) in [4.78, 5) is 40.3. The Bertz CT molecular complexity index is 1090. The van der Waals surface area contributed by atoms with Gasteiger partial charge in [-0.1, -0.05) is 72.4 Å². The van der Waals surface area contributed by atoms with E-state index in [1.807, 2.05) is 60.7 Å². The third-order valence-electron chi connectivity index (χ3n) is 5.51. The Hall–Kier alpha value is -2.97. The van der Waals surface area contributed by atoms with E-state index in [1.54, 1.807) is 25.7 Å². The number of halogens is 1. The molecule has 0 saturated carbocycles. The summed E-state index contributed by atoms with van der Waals surface area (Å²) < 4.78 is 11.3. The second-order valence-corrected chi connectivity index (χ2v) is 10.7. The van der Waals surface area contributed by atoms with Crippen molar-refractivity contribution in [2.45, 2.75) is 43.9 Å². The zero-order valence-electron chi connectivity index (χ0n) is 19.7. The van der Waals surface area contributed by atoms with Gasteiger partial charge >= 0.3 is 12.1 Å². The monoisotopic (exact) mass is 514 g/mol. The molecule has 9 heteroatoms. The van der Waals surface area contributed by atoms with Crippen molar-refractivity contribution in [3.63, 3.8) is 0 Å². The molecular weight excluding hydrogens is 488 g/mol. The highest BCUT2D eigenvalue weighted by molar-refractivity contribution is 8.04. The number of hydrogen-bond acceptors (Lipinski definition) is 6. The van der Waals surface area contributed by atoms with Crippen molar-refractivity contribution in [2.75, 3.05) is 12.4 Å². The van der Waals surface area contributed by atoms with Crippen molar-refractivity contribution in [3.05, 3.63) is 82.3 Å². The van der Waals surface area contributed by atoms with E-state index in [-0.39, 0.29) is 18.3 Å². The fourth-order valence-electron chi connectivity index (χ4n) is 3.91. The molecular formula is C26H27ClN2O5S. The minimum absolute atomic E-state index is 0.0828. The normalized spacial score (nSPS) is 19.7. The van der Waals surface area contributed by atoms with Crippen LogP contribution in [0, 0.1) is 0 Å². The highest BCUT2D eigenvalue weighted by atomic mass is 35.5. The van der Waals surface area contributed by atoms with Gasteiger partial charge in [-0.25, -0.2) is 9.59 Å². The van der Waals surface area contributed by atoms with E-state index >= 15 is 0 Å². The minimum atomic E-state index is -0.798. The molecule has 0 unspecified atom stereocenters. The number of hydrogen-bond donors (Lipinski definition) is 1. The molecule has 0 aromatic heterocycles. The topological polar surface area (TPSA) is 84.9 Å². The Balaban J connectivity index is 1.54. The molecule has 2 aliphatic heterocycles. The summed E-state index contributed by atoms with van der Waals surface area (Å²) in [7, 11) is 0. The molecule has 0 spiro atoms. The van der Waals surface area contributed by atoms with E-state index in [0.717, 1.165) is 11.1 Å². The van der Waals surface area contributed by atoms with Gasteiger partial charge in [0, 0.05) is 12.4 Å². The van der Waals surface area contributed by atoms with E-state index in [2.05, 4.69) is 5.32 Å². The number of esters is 1. The number of alkyl halides is 1. The predicted molar refractivity (Wildman–Crippen MR) is 135 cm³/mol. The van der Waals surface area contributed by atoms with Gasteiger partial charge in [0.25, 0.3) is 0 Å². The van der Waals surface area contributed by atoms with Crippen molar-refractivity contribution in [2.24, 2.45) is 0 Å². The maximum atomic E-state index is 13.4. The summed E-state index contributed by atoms with van der Waals surface area (Å²) in [6.07, 6.45) is -1.29. The van der Waals surface area contributed by atoms with Crippen LogP contribution in [0.15, 0.2) is 71.1 Å². The number of carbonyl (C=O) groups is 3. The van der Waals surface area contributed by atoms with E-state index in [1.165, 1.54) is 11.8 Å². The number of benzene rings is 2. The molecule has 0 bridgehead atoms. The summed E-state index contributed by atoms with van der Waals surface area (Å²) in [6, 6.07) is 18.2. The highest BCUT2D eigenvalue weighted by Crippen LogP contribution is 2.43. The summed E-state index contributed by atoms with van der Waals surface area (Å²) in [5.74, 6) is -0.674. The van der Waals surface area contributed by atoms with Crippen LogP contribution in [0.1, 0.15) is 38.0 Å². The van der Waals surface area contributed by atoms with Crippen molar-refractivity contribution >= 4 is 41.3 Å². The average molecular weight is 515 g/mol. The molecule has 1 N–H and O–H groups in total. The van der Waals surface area contributed by atoms with Crippen LogP contribution in [-0.2, 0) is 19.1 Å². The first-order valence-electron chi connectivity index (χ1n) is 11.2. The van der Waals surface area contributed by atoms with Crippen molar-refractivity contribution in [3.8, 4) is 0 Å². The molecule has 2 aromatic rings. The Labute approximate surface area is 213 Å². The standard InChI is InChI=1S/C26H27ClN2O5S/c1-26(2,3)34-25(32)28-19-22(30)29-15-18(14-27)21(35-23(19)29)24(31)33-20(16-10-6-4-7-11-16)17-12-8-5-9-13-17/h4-13,19-20,23H,14-15H2,1-3H3,(H,28,32)/t19-,23+/m1/s1.